The third kappa shape index (κ3) is 5.02. The number of para-hydroxylation sites is 1. The molecule has 1 heterocycles. The lowest BCUT2D eigenvalue weighted by Gasteiger charge is -2.38. The molecule has 2 atom stereocenters. The van der Waals surface area contributed by atoms with Crippen molar-refractivity contribution in [2.45, 2.75) is 25.8 Å². The fourth-order valence-corrected chi connectivity index (χ4v) is 3.78. The van der Waals surface area contributed by atoms with Crippen LogP contribution >= 0.6 is 11.6 Å². The van der Waals surface area contributed by atoms with Crippen molar-refractivity contribution in [3.8, 4) is 0 Å². The van der Waals surface area contributed by atoms with Gasteiger partial charge in [0.1, 0.15) is 0 Å². The van der Waals surface area contributed by atoms with E-state index in [0.717, 1.165) is 36.9 Å². The Morgan fingerprint density at radius 3 is 2.30 bits per heavy atom. The van der Waals surface area contributed by atoms with E-state index in [4.69, 9.17) is 11.6 Å². The quantitative estimate of drug-likeness (QED) is 0.822. The molecular weight excluding hydrogens is 358 g/mol. The second-order valence-corrected chi connectivity index (χ2v) is 7.61. The molecule has 2 aromatic rings. The second kappa shape index (κ2) is 9.25. The Balaban J connectivity index is 1.48. The van der Waals surface area contributed by atoms with E-state index < -0.39 is 0 Å². The molecule has 0 bridgehead atoms. The molecule has 0 radical (unpaired) electrons. The van der Waals surface area contributed by atoms with Gasteiger partial charge in [-0.05, 0) is 30.5 Å². The highest BCUT2D eigenvalue weighted by atomic mass is 35.5. The predicted octanol–water partition coefficient (Wildman–Crippen LogP) is 3.77. The van der Waals surface area contributed by atoms with Gasteiger partial charge < -0.3 is 10.2 Å². The summed E-state index contributed by atoms with van der Waals surface area (Å²) < 4.78 is 0. The van der Waals surface area contributed by atoms with Crippen LogP contribution in [0.1, 0.15) is 25.3 Å². The van der Waals surface area contributed by atoms with E-state index in [-0.39, 0.29) is 11.9 Å². The van der Waals surface area contributed by atoms with E-state index in [2.05, 4.69) is 40.2 Å². The average Bonchev–Trinajstić information content (AvgIpc) is 2.72. The molecule has 4 nitrogen and oxygen atoms in total. The van der Waals surface area contributed by atoms with Gasteiger partial charge in [0.25, 0.3) is 0 Å². The zero-order chi connectivity index (χ0) is 19.2. The summed E-state index contributed by atoms with van der Waals surface area (Å²) in [5.41, 5.74) is 2.33. The molecule has 1 aliphatic heterocycles. The van der Waals surface area contributed by atoms with Gasteiger partial charge in [0.15, 0.2) is 0 Å². The van der Waals surface area contributed by atoms with Crippen LogP contribution in [0, 0.1) is 0 Å². The molecule has 0 aromatic heterocycles. The smallest absolute Gasteiger partial charge is 0.237 e. The summed E-state index contributed by atoms with van der Waals surface area (Å²) in [5.74, 6) is 0.406. The minimum atomic E-state index is -0.124. The molecule has 2 unspecified atom stereocenters. The monoisotopic (exact) mass is 385 g/mol. The summed E-state index contributed by atoms with van der Waals surface area (Å²) >= 11 is 6.31. The number of hydrogen-bond acceptors (Lipinski definition) is 3. The largest absolute Gasteiger partial charge is 0.368 e. The molecule has 5 heteroatoms. The van der Waals surface area contributed by atoms with Crippen LogP contribution in [0.4, 0.5) is 5.69 Å². The van der Waals surface area contributed by atoms with Gasteiger partial charge in [-0.15, -0.1) is 0 Å². The molecular formula is C22H28ClN3O. The standard InChI is InChI=1S/C22H28ClN3O/c1-17(19-8-4-3-5-9-19)16-24-22(27)18(2)25-12-14-26(15-13-25)21-11-7-6-10-20(21)23/h3-11,17-18H,12-16H2,1-2H3,(H,24,27). The minimum Gasteiger partial charge on any atom is -0.368 e. The van der Waals surface area contributed by atoms with E-state index in [1.807, 2.05) is 43.3 Å². The van der Waals surface area contributed by atoms with Crippen LogP contribution < -0.4 is 10.2 Å². The number of carbonyl (C=O) groups excluding carboxylic acids is 1. The highest BCUT2D eigenvalue weighted by molar-refractivity contribution is 6.33. The normalized spacial score (nSPS) is 17.4. The van der Waals surface area contributed by atoms with Gasteiger partial charge in [0.2, 0.25) is 5.91 Å². The Hall–Kier alpha value is -2.04. The third-order valence-corrected chi connectivity index (χ3v) is 5.71. The van der Waals surface area contributed by atoms with Crippen LogP contribution in [0.25, 0.3) is 0 Å². The summed E-state index contributed by atoms with van der Waals surface area (Å²) in [7, 11) is 0. The van der Waals surface area contributed by atoms with Crippen molar-refractivity contribution in [3.63, 3.8) is 0 Å². The molecule has 1 fully saturated rings. The number of hydrogen-bond donors (Lipinski definition) is 1. The van der Waals surface area contributed by atoms with Crippen molar-refractivity contribution < 1.29 is 4.79 Å². The Morgan fingerprint density at radius 1 is 1.00 bits per heavy atom. The van der Waals surface area contributed by atoms with Crippen molar-refractivity contribution in [2.75, 3.05) is 37.6 Å². The summed E-state index contributed by atoms with van der Waals surface area (Å²) in [5, 5.41) is 3.90. The van der Waals surface area contributed by atoms with E-state index in [1.54, 1.807) is 0 Å². The van der Waals surface area contributed by atoms with Gasteiger partial charge in [-0.3, -0.25) is 9.69 Å². The fourth-order valence-electron chi connectivity index (χ4n) is 3.52. The molecule has 1 aliphatic rings. The highest BCUT2D eigenvalue weighted by Crippen LogP contribution is 2.26. The first-order valence-electron chi connectivity index (χ1n) is 9.62. The molecule has 0 aliphatic carbocycles. The molecule has 3 rings (SSSR count). The summed E-state index contributed by atoms with van der Waals surface area (Å²) in [6.45, 7) is 8.26. The lowest BCUT2D eigenvalue weighted by molar-refractivity contribution is -0.126. The Bertz CT molecular complexity index is 744. The van der Waals surface area contributed by atoms with E-state index in [9.17, 15) is 4.79 Å². The molecule has 1 N–H and O–H groups in total. The van der Waals surface area contributed by atoms with Crippen molar-refractivity contribution in [1.82, 2.24) is 10.2 Å². The Labute approximate surface area is 167 Å². The maximum Gasteiger partial charge on any atom is 0.237 e. The molecule has 144 valence electrons. The summed E-state index contributed by atoms with van der Waals surface area (Å²) in [6.07, 6.45) is 0. The SMILES string of the molecule is CC(CNC(=O)C(C)N1CCN(c2ccccc2Cl)CC1)c1ccccc1. The van der Waals surface area contributed by atoms with E-state index in [0.29, 0.717) is 12.5 Å². The zero-order valence-corrected chi connectivity index (χ0v) is 16.8. The molecule has 27 heavy (non-hydrogen) atoms. The van der Waals surface area contributed by atoms with Crippen molar-refractivity contribution in [1.29, 1.82) is 0 Å². The summed E-state index contributed by atoms with van der Waals surface area (Å²) in [6, 6.07) is 18.1. The number of benzene rings is 2. The van der Waals surface area contributed by atoms with Gasteiger partial charge >= 0.3 is 0 Å². The zero-order valence-electron chi connectivity index (χ0n) is 16.1. The molecule has 0 saturated carbocycles. The predicted molar refractivity (Wildman–Crippen MR) is 113 cm³/mol. The number of carbonyl (C=O) groups is 1. The van der Waals surface area contributed by atoms with E-state index in [1.165, 1.54) is 5.56 Å². The first-order chi connectivity index (χ1) is 13.1. The number of nitrogens with zero attached hydrogens (tertiary/aromatic N) is 2. The van der Waals surface area contributed by atoms with Gasteiger partial charge in [0.05, 0.1) is 16.8 Å². The lowest BCUT2D eigenvalue weighted by Crippen LogP contribution is -2.54. The van der Waals surface area contributed by atoms with Crippen LogP contribution in [-0.2, 0) is 4.79 Å². The van der Waals surface area contributed by atoms with Crippen LogP contribution in [0.15, 0.2) is 54.6 Å². The van der Waals surface area contributed by atoms with Gasteiger partial charge in [-0.2, -0.15) is 0 Å². The third-order valence-electron chi connectivity index (χ3n) is 5.39. The number of halogens is 1. The van der Waals surface area contributed by atoms with Gasteiger partial charge in [0, 0.05) is 32.7 Å². The van der Waals surface area contributed by atoms with Crippen molar-refractivity contribution in [3.05, 3.63) is 65.2 Å². The van der Waals surface area contributed by atoms with Crippen LogP contribution in [0.3, 0.4) is 0 Å². The Kier molecular flexibility index (Phi) is 6.75. The van der Waals surface area contributed by atoms with E-state index >= 15 is 0 Å². The maximum atomic E-state index is 12.6. The lowest BCUT2D eigenvalue weighted by atomic mass is 10.0. The second-order valence-electron chi connectivity index (χ2n) is 7.21. The number of rotatable bonds is 6. The number of nitrogens with one attached hydrogen (secondary N) is 1. The van der Waals surface area contributed by atoms with Gasteiger partial charge in [-0.25, -0.2) is 0 Å². The number of amides is 1. The minimum absolute atomic E-state index is 0.101. The molecule has 1 amide bonds. The van der Waals surface area contributed by atoms with Crippen LogP contribution in [0.5, 0.6) is 0 Å². The van der Waals surface area contributed by atoms with Crippen LogP contribution in [-0.4, -0.2) is 49.6 Å². The number of anilines is 1. The van der Waals surface area contributed by atoms with Crippen molar-refractivity contribution >= 4 is 23.2 Å². The molecule has 1 saturated heterocycles. The maximum absolute atomic E-state index is 12.6. The summed E-state index contributed by atoms with van der Waals surface area (Å²) in [4.78, 5) is 17.1. The van der Waals surface area contributed by atoms with Crippen molar-refractivity contribution in [2.24, 2.45) is 0 Å². The van der Waals surface area contributed by atoms with Gasteiger partial charge in [-0.1, -0.05) is 61.0 Å². The number of piperazine rings is 1. The Morgan fingerprint density at radius 2 is 1.63 bits per heavy atom. The van der Waals surface area contributed by atoms with Crippen LogP contribution in [0.2, 0.25) is 5.02 Å². The fraction of sp³-hybridized carbons (Fsp3) is 0.409. The topological polar surface area (TPSA) is 35.6 Å². The molecule has 2 aromatic carbocycles. The first kappa shape index (κ1) is 19.7. The molecule has 0 spiro atoms. The highest BCUT2D eigenvalue weighted by Gasteiger charge is 2.26. The average molecular weight is 386 g/mol. The first-order valence-corrected chi connectivity index (χ1v) is 10.00.